The van der Waals surface area contributed by atoms with Crippen molar-refractivity contribution in [1.82, 2.24) is 20.1 Å². The number of nitriles is 1. The number of aryl methyl sites for hydroxylation is 1. The van der Waals surface area contributed by atoms with Crippen molar-refractivity contribution in [3.63, 3.8) is 0 Å². The maximum absolute atomic E-state index is 14.1. The molecule has 0 radical (unpaired) electrons. The Morgan fingerprint density at radius 3 is 2.69 bits per heavy atom. The van der Waals surface area contributed by atoms with E-state index in [0.717, 1.165) is 28.4 Å². The van der Waals surface area contributed by atoms with E-state index in [0.29, 0.717) is 36.5 Å². The fraction of sp³-hybridized carbons (Fsp3) is 0.222. The van der Waals surface area contributed by atoms with E-state index < -0.39 is 23.8 Å². The number of pyridine rings is 1. The Morgan fingerprint density at radius 1 is 1.14 bits per heavy atom. The monoisotopic (exact) mass is 486 g/mol. The SMILES string of the molecule is Cn1cc(-c2cnc3c(c2)NC[C@H]([C@H](NCCc2ccc(C#N)cc2)c2ccc(F)c(F)c2)O3)cn1. The van der Waals surface area contributed by atoms with Gasteiger partial charge in [-0.1, -0.05) is 18.2 Å². The number of hydrogen-bond acceptors (Lipinski definition) is 6. The Bertz CT molecular complexity index is 1410. The first-order valence-corrected chi connectivity index (χ1v) is 11.6. The minimum Gasteiger partial charge on any atom is -0.469 e. The highest BCUT2D eigenvalue weighted by Crippen LogP contribution is 2.34. The summed E-state index contributed by atoms with van der Waals surface area (Å²) < 4.78 is 35.7. The molecule has 182 valence electrons. The lowest BCUT2D eigenvalue weighted by molar-refractivity contribution is 0.150. The summed E-state index contributed by atoms with van der Waals surface area (Å²) in [6.45, 7) is 1.01. The van der Waals surface area contributed by atoms with Crippen molar-refractivity contribution < 1.29 is 13.5 Å². The zero-order valence-electron chi connectivity index (χ0n) is 19.6. The van der Waals surface area contributed by atoms with Crippen LogP contribution in [0, 0.1) is 23.0 Å². The van der Waals surface area contributed by atoms with Gasteiger partial charge in [-0.15, -0.1) is 0 Å². The predicted molar refractivity (Wildman–Crippen MR) is 131 cm³/mol. The minimum absolute atomic E-state index is 0.417. The Morgan fingerprint density at radius 2 is 1.97 bits per heavy atom. The van der Waals surface area contributed by atoms with Crippen LogP contribution in [0.4, 0.5) is 14.5 Å². The lowest BCUT2D eigenvalue weighted by Crippen LogP contribution is -2.43. The molecule has 1 aliphatic heterocycles. The van der Waals surface area contributed by atoms with Crippen LogP contribution in [0.25, 0.3) is 11.1 Å². The smallest absolute Gasteiger partial charge is 0.237 e. The van der Waals surface area contributed by atoms with E-state index in [-0.39, 0.29) is 0 Å². The molecule has 5 rings (SSSR count). The Kier molecular flexibility index (Phi) is 6.60. The van der Waals surface area contributed by atoms with Gasteiger partial charge in [-0.2, -0.15) is 10.4 Å². The first kappa shape index (κ1) is 23.5. The number of halogens is 2. The van der Waals surface area contributed by atoms with E-state index in [9.17, 15) is 8.78 Å². The van der Waals surface area contributed by atoms with Crippen LogP contribution in [-0.2, 0) is 13.5 Å². The van der Waals surface area contributed by atoms with Crippen LogP contribution in [0.15, 0.2) is 67.1 Å². The van der Waals surface area contributed by atoms with E-state index >= 15 is 0 Å². The fourth-order valence-electron chi connectivity index (χ4n) is 4.27. The van der Waals surface area contributed by atoms with Gasteiger partial charge in [0.25, 0.3) is 0 Å². The summed E-state index contributed by atoms with van der Waals surface area (Å²) in [4.78, 5) is 4.50. The van der Waals surface area contributed by atoms with Gasteiger partial charge < -0.3 is 15.4 Å². The van der Waals surface area contributed by atoms with E-state index in [1.165, 1.54) is 6.07 Å². The second kappa shape index (κ2) is 10.1. The molecule has 0 saturated heterocycles. The normalized spacial score (nSPS) is 15.3. The standard InChI is InChI=1S/C27H24F2N6O/c1-35-16-21(14-34-35)20-11-24-27(33-13-20)36-25(15-32-24)26(19-6-7-22(28)23(29)10-19)31-9-8-17-2-4-18(12-30)5-3-17/h2-7,10-11,13-14,16,25-26,31-32H,8-9,15H2,1H3/t25-,26-/m1/s1. The van der Waals surface area contributed by atoms with Crippen LogP contribution in [0.2, 0.25) is 0 Å². The number of rotatable bonds is 7. The van der Waals surface area contributed by atoms with Crippen molar-refractivity contribution in [3.05, 3.63) is 95.4 Å². The summed E-state index contributed by atoms with van der Waals surface area (Å²) >= 11 is 0. The summed E-state index contributed by atoms with van der Waals surface area (Å²) in [5, 5.41) is 20.0. The van der Waals surface area contributed by atoms with Crippen LogP contribution >= 0.6 is 0 Å². The van der Waals surface area contributed by atoms with Crippen molar-refractivity contribution in [1.29, 1.82) is 5.26 Å². The average Bonchev–Trinajstić information content (AvgIpc) is 3.34. The number of nitrogens with zero attached hydrogens (tertiary/aromatic N) is 4. The molecule has 9 heteroatoms. The van der Waals surface area contributed by atoms with E-state index in [2.05, 4.69) is 26.8 Å². The van der Waals surface area contributed by atoms with Crippen molar-refractivity contribution in [2.75, 3.05) is 18.4 Å². The maximum atomic E-state index is 14.1. The lowest BCUT2D eigenvalue weighted by Gasteiger charge is -2.33. The zero-order valence-corrected chi connectivity index (χ0v) is 19.6. The molecule has 2 aromatic heterocycles. The average molecular weight is 487 g/mol. The van der Waals surface area contributed by atoms with Gasteiger partial charge in [0.15, 0.2) is 11.6 Å². The molecule has 2 N–H and O–H groups in total. The largest absolute Gasteiger partial charge is 0.469 e. The number of nitrogens with one attached hydrogen (secondary N) is 2. The second-order valence-corrected chi connectivity index (χ2v) is 8.68. The van der Waals surface area contributed by atoms with E-state index in [1.54, 1.807) is 35.3 Å². The first-order valence-electron chi connectivity index (χ1n) is 11.6. The van der Waals surface area contributed by atoms with Gasteiger partial charge in [-0.25, -0.2) is 13.8 Å². The van der Waals surface area contributed by atoms with E-state index in [1.807, 2.05) is 31.4 Å². The molecule has 0 spiro atoms. The van der Waals surface area contributed by atoms with Crippen LogP contribution in [0.1, 0.15) is 22.7 Å². The number of hydrogen-bond donors (Lipinski definition) is 2. The molecular weight excluding hydrogens is 462 g/mol. The van der Waals surface area contributed by atoms with E-state index in [4.69, 9.17) is 10.00 Å². The Labute approximate surface area is 207 Å². The van der Waals surface area contributed by atoms with Crippen molar-refractivity contribution in [2.45, 2.75) is 18.6 Å². The summed E-state index contributed by atoms with van der Waals surface area (Å²) in [6.07, 6.45) is 5.68. The van der Waals surface area contributed by atoms with Gasteiger partial charge in [-0.05, 0) is 54.4 Å². The predicted octanol–water partition coefficient (Wildman–Crippen LogP) is 4.38. The molecule has 3 heterocycles. The number of fused-ring (bicyclic) bond motifs is 1. The first-order chi connectivity index (χ1) is 17.5. The molecule has 0 unspecified atom stereocenters. The van der Waals surface area contributed by atoms with Gasteiger partial charge in [0, 0.05) is 30.6 Å². The minimum atomic E-state index is -0.908. The molecule has 7 nitrogen and oxygen atoms in total. The summed E-state index contributed by atoms with van der Waals surface area (Å²) in [5.74, 6) is -1.36. The molecular formula is C27H24F2N6O. The van der Waals surface area contributed by atoms with Crippen molar-refractivity contribution in [2.24, 2.45) is 7.05 Å². The van der Waals surface area contributed by atoms with Gasteiger partial charge >= 0.3 is 0 Å². The molecule has 0 fully saturated rings. The van der Waals surface area contributed by atoms with Crippen LogP contribution in [0.5, 0.6) is 5.88 Å². The summed E-state index contributed by atoms with van der Waals surface area (Å²) in [5.41, 5.74) is 4.86. The highest BCUT2D eigenvalue weighted by atomic mass is 19.2. The van der Waals surface area contributed by atoms with Crippen molar-refractivity contribution >= 4 is 5.69 Å². The van der Waals surface area contributed by atoms with Crippen LogP contribution in [0.3, 0.4) is 0 Å². The van der Waals surface area contributed by atoms with Crippen molar-refractivity contribution in [3.8, 4) is 23.1 Å². The molecule has 36 heavy (non-hydrogen) atoms. The van der Waals surface area contributed by atoms with Crippen LogP contribution in [-0.4, -0.2) is 34.0 Å². The van der Waals surface area contributed by atoms with Gasteiger partial charge in [-0.3, -0.25) is 4.68 Å². The third kappa shape index (κ3) is 5.04. The molecule has 4 aromatic rings. The molecule has 1 aliphatic rings. The molecule has 0 aliphatic carbocycles. The topological polar surface area (TPSA) is 87.8 Å². The number of benzene rings is 2. The molecule has 0 bridgehead atoms. The number of anilines is 1. The molecule has 0 saturated carbocycles. The zero-order chi connectivity index (χ0) is 25.1. The quantitative estimate of drug-likeness (QED) is 0.403. The second-order valence-electron chi connectivity index (χ2n) is 8.68. The molecule has 2 atom stereocenters. The Balaban J connectivity index is 1.34. The fourth-order valence-corrected chi connectivity index (χ4v) is 4.27. The highest BCUT2D eigenvalue weighted by Gasteiger charge is 2.30. The number of ether oxygens (including phenoxy) is 1. The third-order valence-electron chi connectivity index (χ3n) is 6.18. The Hall–Kier alpha value is -4.29. The number of aromatic nitrogens is 3. The highest BCUT2D eigenvalue weighted by molar-refractivity contribution is 5.69. The van der Waals surface area contributed by atoms with Gasteiger partial charge in [0.05, 0.1) is 36.1 Å². The summed E-state index contributed by atoms with van der Waals surface area (Å²) in [7, 11) is 1.86. The van der Waals surface area contributed by atoms with Gasteiger partial charge in [0.1, 0.15) is 6.10 Å². The lowest BCUT2D eigenvalue weighted by atomic mass is 9.99. The molecule has 2 aromatic carbocycles. The maximum Gasteiger partial charge on any atom is 0.237 e. The molecule has 0 amide bonds. The van der Waals surface area contributed by atoms with Gasteiger partial charge in [0.2, 0.25) is 5.88 Å². The summed E-state index contributed by atoms with van der Waals surface area (Å²) in [6, 6.07) is 14.9. The third-order valence-corrected chi connectivity index (χ3v) is 6.18. The van der Waals surface area contributed by atoms with Crippen LogP contribution < -0.4 is 15.4 Å².